The summed E-state index contributed by atoms with van der Waals surface area (Å²) in [5, 5.41) is 0. The minimum atomic E-state index is 0.701. The van der Waals surface area contributed by atoms with Gasteiger partial charge in [-0.05, 0) is 24.5 Å². The number of thioether (sulfide) groups is 1. The number of hydrogen-bond acceptors (Lipinski definition) is 3. The molecular formula is C7H9NOS. The van der Waals surface area contributed by atoms with E-state index in [4.69, 9.17) is 5.90 Å². The van der Waals surface area contributed by atoms with Gasteiger partial charge in [-0.3, -0.25) is 0 Å². The minimum absolute atomic E-state index is 0.701. The lowest BCUT2D eigenvalue weighted by Crippen LogP contribution is -2.01. The van der Waals surface area contributed by atoms with E-state index in [9.17, 15) is 0 Å². The summed E-state index contributed by atoms with van der Waals surface area (Å²) in [5.74, 6) is 5.66. The molecule has 0 fully saturated rings. The molecule has 0 unspecified atom stereocenters. The van der Waals surface area contributed by atoms with Crippen LogP contribution in [0.15, 0.2) is 29.2 Å². The molecule has 1 aromatic rings. The number of nitrogens with two attached hydrogens (primary N) is 1. The highest BCUT2D eigenvalue weighted by atomic mass is 32.2. The van der Waals surface area contributed by atoms with Crippen LogP contribution >= 0.6 is 11.8 Å². The molecule has 0 heterocycles. The maximum Gasteiger partial charge on any atom is 0.147 e. The van der Waals surface area contributed by atoms with Crippen molar-refractivity contribution in [1.29, 1.82) is 0 Å². The Morgan fingerprint density at radius 1 is 1.50 bits per heavy atom. The van der Waals surface area contributed by atoms with Crippen molar-refractivity contribution in [3.8, 4) is 5.75 Å². The lowest BCUT2D eigenvalue weighted by atomic mass is 10.3. The third-order valence-corrected chi connectivity index (χ3v) is 1.90. The van der Waals surface area contributed by atoms with Gasteiger partial charge in [0.15, 0.2) is 0 Å². The Labute approximate surface area is 64.3 Å². The Hall–Kier alpha value is -0.670. The van der Waals surface area contributed by atoms with Gasteiger partial charge in [-0.25, -0.2) is 0 Å². The summed E-state index contributed by atoms with van der Waals surface area (Å²) in [6.07, 6.45) is 2.01. The standard InChI is InChI=1S/C7H9NOS/c1-10-7-4-2-3-6(5-7)9-8/h2-5H,8H2,1H3. The van der Waals surface area contributed by atoms with Crippen molar-refractivity contribution in [2.24, 2.45) is 5.90 Å². The van der Waals surface area contributed by atoms with Crippen LogP contribution in [0.5, 0.6) is 5.75 Å². The maximum absolute atomic E-state index is 4.96. The summed E-state index contributed by atoms with van der Waals surface area (Å²) >= 11 is 1.66. The van der Waals surface area contributed by atoms with Crippen molar-refractivity contribution < 1.29 is 4.84 Å². The van der Waals surface area contributed by atoms with E-state index in [-0.39, 0.29) is 0 Å². The molecule has 0 saturated carbocycles. The average Bonchev–Trinajstić information content (AvgIpc) is 2.05. The molecule has 3 heteroatoms. The lowest BCUT2D eigenvalue weighted by Gasteiger charge is -1.98. The fourth-order valence-corrected chi connectivity index (χ4v) is 1.12. The summed E-state index contributed by atoms with van der Waals surface area (Å²) < 4.78 is 0. The Bertz CT molecular complexity index is 195. The maximum atomic E-state index is 4.96. The predicted octanol–water partition coefficient (Wildman–Crippen LogP) is 1.66. The third-order valence-electron chi connectivity index (χ3n) is 1.18. The van der Waals surface area contributed by atoms with Crippen LogP contribution in [-0.4, -0.2) is 6.26 Å². The van der Waals surface area contributed by atoms with E-state index in [1.54, 1.807) is 11.8 Å². The van der Waals surface area contributed by atoms with Crippen LogP contribution in [0.3, 0.4) is 0 Å². The fraction of sp³-hybridized carbons (Fsp3) is 0.143. The van der Waals surface area contributed by atoms with Gasteiger partial charge in [0.1, 0.15) is 5.75 Å². The molecule has 0 aliphatic carbocycles. The molecule has 54 valence electrons. The van der Waals surface area contributed by atoms with Crippen LogP contribution < -0.4 is 10.7 Å². The van der Waals surface area contributed by atoms with Crippen molar-refractivity contribution in [3.05, 3.63) is 24.3 Å². The van der Waals surface area contributed by atoms with Crippen molar-refractivity contribution >= 4 is 11.8 Å². The van der Waals surface area contributed by atoms with Crippen LogP contribution in [-0.2, 0) is 0 Å². The molecule has 10 heavy (non-hydrogen) atoms. The first-order chi connectivity index (χ1) is 4.86. The Balaban J connectivity index is 2.87. The third kappa shape index (κ3) is 1.65. The molecule has 0 saturated heterocycles. The largest absolute Gasteiger partial charge is 0.411 e. The van der Waals surface area contributed by atoms with E-state index in [0.29, 0.717) is 5.75 Å². The van der Waals surface area contributed by atoms with E-state index in [1.807, 2.05) is 30.5 Å². The summed E-state index contributed by atoms with van der Waals surface area (Å²) in [6.45, 7) is 0. The van der Waals surface area contributed by atoms with Crippen molar-refractivity contribution in [3.63, 3.8) is 0 Å². The molecule has 0 atom stereocenters. The summed E-state index contributed by atoms with van der Waals surface area (Å²) in [7, 11) is 0. The first-order valence-corrected chi connectivity index (χ1v) is 4.10. The number of benzene rings is 1. The van der Waals surface area contributed by atoms with Gasteiger partial charge in [0.25, 0.3) is 0 Å². The SMILES string of the molecule is CSc1cccc(ON)c1. The van der Waals surface area contributed by atoms with E-state index in [0.717, 1.165) is 4.90 Å². The van der Waals surface area contributed by atoms with Crippen molar-refractivity contribution in [2.45, 2.75) is 4.90 Å². The molecule has 1 rings (SSSR count). The summed E-state index contributed by atoms with van der Waals surface area (Å²) in [6, 6.07) is 7.63. The molecule has 0 bridgehead atoms. The fourth-order valence-electron chi connectivity index (χ4n) is 0.674. The summed E-state index contributed by atoms with van der Waals surface area (Å²) in [5.41, 5.74) is 0. The zero-order valence-electron chi connectivity index (χ0n) is 5.70. The van der Waals surface area contributed by atoms with Crippen LogP contribution in [0.1, 0.15) is 0 Å². The average molecular weight is 155 g/mol. The second-order valence-corrected chi connectivity index (χ2v) is 2.68. The Morgan fingerprint density at radius 3 is 2.90 bits per heavy atom. The molecule has 0 aromatic heterocycles. The molecular weight excluding hydrogens is 146 g/mol. The topological polar surface area (TPSA) is 35.2 Å². The molecule has 1 aromatic carbocycles. The molecule has 0 spiro atoms. The monoisotopic (exact) mass is 155 g/mol. The molecule has 0 aliphatic rings. The normalized spacial score (nSPS) is 9.40. The smallest absolute Gasteiger partial charge is 0.147 e. The van der Waals surface area contributed by atoms with Crippen molar-refractivity contribution in [1.82, 2.24) is 0 Å². The van der Waals surface area contributed by atoms with Gasteiger partial charge in [-0.2, -0.15) is 5.90 Å². The van der Waals surface area contributed by atoms with Gasteiger partial charge in [0.05, 0.1) is 0 Å². The second kappa shape index (κ2) is 3.49. The van der Waals surface area contributed by atoms with Crippen LogP contribution in [0, 0.1) is 0 Å². The Morgan fingerprint density at radius 2 is 2.30 bits per heavy atom. The van der Waals surface area contributed by atoms with E-state index in [1.165, 1.54) is 0 Å². The molecule has 0 radical (unpaired) electrons. The van der Waals surface area contributed by atoms with E-state index < -0.39 is 0 Å². The first kappa shape index (κ1) is 7.44. The minimum Gasteiger partial charge on any atom is -0.411 e. The van der Waals surface area contributed by atoms with Gasteiger partial charge in [0, 0.05) is 4.90 Å². The zero-order valence-corrected chi connectivity index (χ0v) is 6.52. The highest BCUT2D eigenvalue weighted by Crippen LogP contribution is 2.19. The lowest BCUT2D eigenvalue weighted by molar-refractivity contribution is 0.333. The van der Waals surface area contributed by atoms with Crippen molar-refractivity contribution in [2.75, 3.05) is 6.26 Å². The molecule has 2 N–H and O–H groups in total. The van der Waals surface area contributed by atoms with Crippen LogP contribution in [0.25, 0.3) is 0 Å². The highest BCUT2D eigenvalue weighted by Gasteiger charge is 1.91. The van der Waals surface area contributed by atoms with Crippen LogP contribution in [0.2, 0.25) is 0 Å². The van der Waals surface area contributed by atoms with Gasteiger partial charge in [-0.15, -0.1) is 11.8 Å². The highest BCUT2D eigenvalue weighted by molar-refractivity contribution is 7.98. The number of rotatable bonds is 2. The number of hydrogen-bond donors (Lipinski definition) is 1. The molecule has 2 nitrogen and oxygen atoms in total. The van der Waals surface area contributed by atoms with Gasteiger partial charge in [-0.1, -0.05) is 6.07 Å². The molecule has 0 aliphatic heterocycles. The van der Waals surface area contributed by atoms with Crippen LogP contribution in [0.4, 0.5) is 0 Å². The quantitative estimate of drug-likeness (QED) is 0.521. The van der Waals surface area contributed by atoms with E-state index >= 15 is 0 Å². The molecule has 0 amide bonds. The zero-order chi connectivity index (χ0) is 7.40. The van der Waals surface area contributed by atoms with Gasteiger partial charge in [0.2, 0.25) is 0 Å². The summed E-state index contributed by atoms with van der Waals surface area (Å²) in [4.78, 5) is 5.70. The first-order valence-electron chi connectivity index (χ1n) is 2.87. The Kier molecular flexibility index (Phi) is 2.59. The van der Waals surface area contributed by atoms with E-state index in [2.05, 4.69) is 4.84 Å². The second-order valence-electron chi connectivity index (χ2n) is 1.80. The predicted molar refractivity (Wildman–Crippen MR) is 43.0 cm³/mol. The van der Waals surface area contributed by atoms with Gasteiger partial charge < -0.3 is 4.84 Å². The van der Waals surface area contributed by atoms with Gasteiger partial charge >= 0.3 is 0 Å².